The highest BCUT2D eigenvalue weighted by Gasteiger charge is 2.15. The molecular weight excluding hydrogens is 266 g/mol. The molecule has 0 aromatic heterocycles. The van der Waals surface area contributed by atoms with Gasteiger partial charge in [-0.15, -0.1) is 0 Å². The second-order valence-corrected chi connectivity index (χ2v) is 5.10. The molecule has 0 saturated heterocycles. The Morgan fingerprint density at radius 1 is 1.24 bits per heavy atom. The lowest BCUT2D eigenvalue weighted by Crippen LogP contribution is -2.17. The maximum absolute atomic E-state index is 11.0. The summed E-state index contributed by atoms with van der Waals surface area (Å²) in [6.45, 7) is 2.02. The first-order chi connectivity index (χ1) is 10.1. The van der Waals surface area contributed by atoms with Gasteiger partial charge in [0.2, 0.25) is 0 Å². The molecule has 0 saturated carbocycles. The van der Waals surface area contributed by atoms with Crippen molar-refractivity contribution < 1.29 is 4.92 Å². The smallest absolute Gasteiger partial charge is 0.294 e. The topological polar surface area (TPSA) is 81.2 Å². The molecule has 0 aliphatic carbocycles. The molecule has 0 unspecified atom stereocenters. The van der Waals surface area contributed by atoms with Crippen molar-refractivity contribution in [2.45, 2.75) is 25.8 Å². The first kappa shape index (κ1) is 14.8. The molecule has 2 aromatic carbocycles. The lowest BCUT2D eigenvalue weighted by molar-refractivity contribution is -0.383. The van der Waals surface area contributed by atoms with E-state index in [4.69, 9.17) is 5.73 Å². The highest BCUT2D eigenvalue weighted by atomic mass is 16.6. The third-order valence-corrected chi connectivity index (χ3v) is 3.33. The number of hydrogen-bond acceptors (Lipinski definition) is 4. The third kappa shape index (κ3) is 4.21. The van der Waals surface area contributed by atoms with E-state index in [-0.39, 0.29) is 11.7 Å². The Morgan fingerprint density at radius 2 is 1.95 bits per heavy atom. The Hall–Kier alpha value is -2.56. The number of benzene rings is 2. The molecule has 1 atom stereocenters. The van der Waals surface area contributed by atoms with E-state index >= 15 is 0 Å². The standard InChI is InChI=1S/C16H19N3O2/c1-12(7-8-13-5-3-2-4-6-13)18-15-10-9-14(17)11-16(15)19(20)21/h2-6,9-12,18H,7-8,17H2,1H3/t12-/m0/s1. The molecule has 21 heavy (non-hydrogen) atoms. The summed E-state index contributed by atoms with van der Waals surface area (Å²) in [5.41, 5.74) is 7.78. The average molecular weight is 285 g/mol. The Kier molecular flexibility index (Phi) is 4.77. The van der Waals surface area contributed by atoms with Crippen LogP contribution in [0.5, 0.6) is 0 Å². The Labute approximate surface area is 123 Å². The predicted octanol–water partition coefficient (Wildman–Crippen LogP) is 3.61. The maximum atomic E-state index is 11.0. The van der Waals surface area contributed by atoms with Gasteiger partial charge >= 0.3 is 0 Å². The fourth-order valence-electron chi connectivity index (χ4n) is 2.19. The predicted molar refractivity (Wildman–Crippen MR) is 85.4 cm³/mol. The van der Waals surface area contributed by atoms with Crippen LogP contribution in [0.3, 0.4) is 0 Å². The molecule has 110 valence electrons. The van der Waals surface area contributed by atoms with E-state index in [1.807, 2.05) is 25.1 Å². The zero-order chi connectivity index (χ0) is 15.2. The lowest BCUT2D eigenvalue weighted by atomic mass is 10.1. The Balaban J connectivity index is 1.99. The van der Waals surface area contributed by atoms with Crippen molar-refractivity contribution in [3.63, 3.8) is 0 Å². The Morgan fingerprint density at radius 3 is 2.62 bits per heavy atom. The maximum Gasteiger partial charge on any atom is 0.294 e. The molecule has 0 radical (unpaired) electrons. The van der Waals surface area contributed by atoms with Gasteiger partial charge in [0.05, 0.1) is 4.92 Å². The van der Waals surface area contributed by atoms with Gasteiger partial charge in [-0.25, -0.2) is 0 Å². The number of nitro groups is 1. The van der Waals surface area contributed by atoms with Crippen molar-refractivity contribution in [3.05, 3.63) is 64.2 Å². The number of nitrogen functional groups attached to an aromatic ring is 1. The second kappa shape index (κ2) is 6.74. The first-order valence-corrected chi connectivity index (χ1v) is 6.90. The molecule has 0 aliphatic heterocycles. The highest BCUT2D eigenvalue weighted by Crippen LogP contribution is 2.27. The van der Waals surface area contributed by atoms with Gasteiger partial charge in [0.1, 0.15) is 5.69 Å². The van der Waals surface area contributed by atoms with Gasteiger partial charge in [0, 0.05) is 17.8 Å². The van der Waals surface area contributed by atoms with Gasteiger partial charge in [0.25, 0.3) is 5.69 Å². The zero-order valence-electron chi connectivity index (χ0n) is 12.0. The van der Waals surface area contributed by atoms with Crippen molar-refractivity contribution in [1.29, 1.82) is 0 Å². The van der Waals surface area contributed by atoms with Crippen molar-refractivity contribution in [2.75, 3.05) is 11.1 Å². The van der Waals surface area contributed by atoms with E-state index in [0.717, 1.165) is 12.8 Å². The third-order valence-electron chi connectivity index (χ3n) is 3.33. The monoisotopic (exact) mass is 285 g/mol. The Bertz CT molecular complexity index is 614. The van der Waals surface area contributed by atoms with Crippen LogP contribution in [0.4, 0.5) is 17.1 Å². The fraction of sp³-hybridized carbons (Fsp3) is 0.250. The van der Waals surface area contributed by atoms with Crippen molar-refractivity contribution in [1.82, 2.24) is 0 Å². The van der Waals surface area contributed by atoms with Crippen LogP contribution in [0.25, 0.3) is 0 Å². The van der Waals surface area contributed by atoms with Crippen LogP contribution in [0, 0.1) is 10.1 Å². The van der Waals surface area contributed by atoms with E-state index in [1.54, 1.807) is 12.1 Å². The average Bonchev–Trinajstić information content (AvgIpc) is 2.48. The SMILES string of the molecule is C[C@@H](CCc1ccccc1)Nc1ccc(N)cc1[N+](=O)[O-]. The number of rotatable bonds is 6. The molecule has 0 fully saturated rings. The van der Waals surface area contributed by atoms with Gasteiger partial charge in [-0.3, -0.25) is 10.1 Å². The molecular formula is C16H19N3O2. The normalized spacial score (nSPS) is 11.9. The number of nitrogens with one attached hydrogen (secondary N) is 1. The van der Waals surface area contributed by atoms with Crippen LogP contribution in [0.1, 0.15) is 18.9 Å². The number of nitrogens with zero attached hydrogens (tertiary/aromatic N) is 1. The molecule has 0 amide bonds. The van der Waals surface area contributed by atoms with Crippen LogP contribution < -0.4 is 11.1 Å². The van der Waals surface area contributed by atoms with Gasteiger partial charge < -0.3 is 11.1 Å². The molecule has 5 nitrogen and oxygen atoms in total. The summed E-state index contributed by atoms with van der Waals surface area (Å²) in [4.78, 5) is 10.6. The number of aryl methyl sites for hydroxylation is 1. The van der Waals surface area contributed by atoms with Gasteiger partial charge in [0.15, 0.2) is 0 Å². The summed E-state index contributed by atoms with van der Waals surface area (Å²) in [7, 11) is 0. The minimum atomic E-state index is -0.414. The van der Waals surface area contributed by atoms with Crippen molar-refractivity contribution >= 4 is 17.1 Å². The molecule has 5 heteroatoms. The minimum absolute atomic E-state index is 0.0153. The second-order valence-electron chi connectivity index (χ2n) is 5.10. The summed E-state index contributed by atoms with van der Waals surface area (Å²) < 4.78 is 0. The van der Waals surface area contributed by atoms with Crippen LogP contribution >= 0.6 is 0 Å². The summed E-state index contributed by atoms with van der Waals surface area (Å²) in [5.74, 6) is 0. The van der Waals surface area contributed by atoms with Crippen LogP contribution in [0.15, 0.2) is 48.5 Å². The molecule has 0 aliphatic rings. The van der Waals surface area contributed by atoms with E-state index in [0.29, 0.717) is 11.4 Å². The van der Waals surface area contributed by atoms with Crippen LogP contribution in [-0.2, 0) is 6.42 Å². The van der Waals surface area contributed by atoms with Gasteiger partial charge in [-0.1, -0.05) is 30.3 Å². The lowest BCUT2D eigenvalue weighted by Gasteiger charge is -2.15. The molecule has 0 heterocycles. The molecule has 3 N–H and O–H groups in total. The fourth-order valence-corrected chi connectivity index (χ4v) is 2.19. The quantitative estimate of drug-likeness (QED) is 0.482. The largest absolute Gasteiger partial charge is 0.399 e. The number of anilines is 2. The summed E-state index contributed by atoms with van der Waals surface area (Å²) in [5, 5.41) is 14.2. The number of nitrogens with two attached hydrogens (primary N) is 1. The summed E-state index contributed by atoms with van der Waals surface area (Å²) >= 11 is 0. The van der Waals surface area contributed by atoms with E-state index in [1.165, 1.54) is 11.6 Å². The summed E-state index contributed by atoms with van der Waals surface area (Å²) in [6.07, 6.45) is 1.82. The van der Waals surface area contributed by atoms with E-state index in [9.17, 15) is 10.1 Å². The molecule has 0 spiro atoms. The molecule has 0 bridgehead atoms. The minimum Gasteiger partial charge on any atom is -0.399 e. The molecule has 2 rings (SSSR count). The number of hydrogen-bond donors (Lipinski definition) is 2. The van der Waals surface area contributed by atoms with Gasteiger partial charge in [-0.05, 0) is 37.5 Å². The first-order valence-electron chi connectivity index (χ1n) is 6.90. The van der Waals surface area contributed by atoms with Crippen molar-refractivity contribution in [2.24, 2.45) is 0 Å². The highest BCUT2D eigenvalue weighted by molar-refractivity contribution is 5.67. The zero-order valence-corrected chi connectivity index (χ0v) is 12.0. The molecule has 2 aromatic rings. The van der Waals surface area contributed by atoms with Crippen LogP contribution in [-0.4, -0.2) is 11.0 Å². The summed E-state index contributed by atoms with van der Waals surface area (Å²) in [6, 6.07) is 15.0. The number of nitro benzene ring substituents is 1. The van der Waals surface area contributed by atoms with Gasteiger partial charge in [-0.2, -0.15) is 0 Å². The van der Waals surface area contributed by atoms with E-state index < -0.39 is 4.92 Å². The van der Waals surface area contributed by atoms with Crippen molar-refractivity contribution in [3.8, 4) is 0 Å². The van der Waals surface area contributed by atoms with Crippen LogP contribution in [0.2, 0.25) is 0 Å². The van der Waals surface area contributed by atoms with E-state index in [2.05, 4.69) is 17.4 Å².